The summed E-state index contributed by atoms with van der Waals surface area (Å²) >= 11 is 6.25. The molecule has 1 saturated heterocycles. The molecule has 2 amide bonds. The van der Waals surface area contributed by atoms with Crippen LogP contribution in [0.25, 0.3) is 0 Å². The molecule has 1 aromatic heterocycles. The van der Waals surface area contributed by atoms with E-state index in [1.807, 2.05) is 68.6 Å². The van der Waals surface area contributed by atoms with Crippen LogP contribution in [0.3, 0.4) is 0 Å². The molecular formula is C35H41ClN4O4. The Morgan fingerprint density at radius 2 is 1.77 bits per heavy atom. The van der Waals surface area contributed by atoms with Crippen LogP contribution in [0, 0.1) is 5.92 Å². The Bertz CT molecular complexity index is 1470. The summed E-state index contributed by atoms with van der Waals surface area (Å²) in [7, 11) is 2.10. The second-order valence-corrected chi connectivity index (χ2v) is 12.9. The zero-order valence-electron chi connectivity index (χ0n) is 25.7. The largest absolute Gasteiger partial charge is 0.468 e. The molecule has 0 bridgehead atoms. The predicted octanol–water partition coefficient (Wildman–Crippen LogP) is 6.40. The molecule has 1 aliphatic carbocycles. The Morgan fingerprint density at radius 3 is 2.41 bits per heavy atom. The molecule has 9 heteroatoms. The van der Waals surface area contributed by atoms with Gasteiger partial charge in [-0.05, 0) is 98.5 Å². The lowest BCUT2D eigenvalue weighted by Crippen LogP contribution is -2.51. The number of ether oxygens (including phenoxy) is 2. The summed E-state index contributed by atoms with van der Waals surface area (Å²) in [4.78, 5) is 36.5. The number of β-lactam (4-membered cyclic amide) rings is 1. The highest BCUT2D eigenvalue weighted by Gasteiger charge is 2.36. The minimum Gasteiger partial charge on any atom is -0.468 e. The van der Waals surface area contributed by atoms with Gasteiger partial charge in [-0.15, -0.1) is 0 Å². The Kier molecular flexibility index (Phi) is 9.10. The Labute approximate surface area is 264 Å². The molecule has 8 nitrogen and oxygen atoms in total. The molecule has 3 heterocycles. The Balaban J connectivity index is 1.20. The van der Waals surface area contributed by atoms with Crippen LogP contribution in [0.5, 0.6) is 5.75 Å². The number of hydrogen-bond acceptors (Lipinski definition) is 6. The van der Waals surface area contributed by atoms with E-state index in [1.165, 1.54) is 0 Å². The van der Waals surface area contributed by atoms with Gasteiger partial charge in [0.2, 0.25) is 11.8 Å². The number of pyridine rings is 1. The van der Waals surface area contributed by atoms with Gasteiger partial charge in [-0.3, -0.25) is 14.5 Å². The summed E-state index contributed by atoms with van der Waals surface area (Å²) in [5.74, 6) is 2.18. The average Bonchev–Trinajstić information content (AvgIpc) is 3.01. The first kappa shape index (κ1) is 30.4. The van der Waals surface area contributed by atoms with E-state index in [4.69, 9.17) is 26.1 Å². The maximum Gasteiger partial charge on any atom is 0.233 e. The molecule has 3 aliphatic rings. The van der Waals surface area contributed by atoms with Crippen molar-refractivity contribution in [3.63, 3.8) is 0 Å². The fourth-order valence-corrected chi connectivity index (χ4v) is 6.80. The van der Waals surface area contributed by atoms with Crippen molar-refractivity contribution in [3.8, 4) is 5.75 Å². The number of halogens is 1. The number of fused-ring (bicyclic) bond motifs is 1. The summed E-state index contributed by atoms with van der Waals surface area (Å²) in [5.41, 5.74) is 3.92. The fourth-order valence-electron chi connectivity index (χ4n) is 6.68. The second-order valence-electron chi connectivity index (χ2n) is 12.5. The van der Waals surface area contributed by atoms with E-state index < -0.39 is 0 Å². The highest BCUT2D eigenvalue weighted by molar-refractivity contribution is 6.30. The van der Waals surface area contributed by atoms with Crippen molar-refractivity contribution >= 4 is 34.9 Å². The number of carbonyl (C=O) groups excluding carboxylic acids is 2. The maximum atomic E-state index is 13.7. The van der Waals surface area contributed by atoms with E-state index in [9.17, 15) is 9.59 Å². The Hall–Kier alpha value is -3.62. The molecule has 3 aromatic rings. The van der Waals surface area contributed by atoms with E-state index in [0.717, 1.165) is 61.2 Å². The summed E-state index contributed by atoms with van der Waals surface area (Å²) in [6, 6.07) is 17.5. The number of nitrogens with zero attached hydrogens (tertiary/aromatic N) is 4. The zero-order chi connectivity index (χ0) is 30.8. The van der Waals surface area contributed by atoms with Gasteiger partial charge in [0, 0.05) is 37.6 Å². The lowest BCUT2D eigenvalue weighted by molar-refractivity contribution is -0.144. The molecule has 0 radical (unpaired) electrons. The fraction of sp³-hybridized carbons (Fsp3) is 0.457. The van der Waals surface area contributed by atoms with Crippen molar-refractivity contribution < 1.29 is 19.1 Å². The molecular weight excluding hydrogens is 576 g/mol. The molecule has 0 N–H and O–H groups in total. The minimum atomic E-state index is -0.386. The van der Waals surface area contributed by atoms with Gasteiger partial charge in [-0.25, -0.2) is 4.98 Å². The van der Waals surface area contributed by atoms with Crippen LogP contribution in [-0.2, 0) is 20.7 Å². The van der Waals surface area contributed by atoms with Gasteiger partial charge in [-0.1, -0.05) is 29.8 Å². The van der Waals surface area contributed by atoms with Crippen LogP contribution in [0.4, 0.5) is 11.5 Å². The number of anilines is 2. The maximum absolute atomic E-state index is 13.7. The number of benzene rings is 2. The molecule has 6 rings (SSSR count). The van der Waals surface area contributed by atoms with Crippen molar-refractivity contribution in [3.05, 3.63) is 82.5 Å². The summed E-state index contributed by atoms with van der Waals surface area (Å²) in [6.45, 7) is 5.96. The number of likely N-dealkylation sites (tertiary alicyclic amines) is 1. The number of aromatic nitrogens is 1. The predicted molar refractivity (Wildman–Crippen MR) is 172 cm³/mol. The van der Waals surface area contributed by atoms with Gasteiger partial charge in [0.1, 0.15) is 11.6 Å². The van der Waals surface area contributed by atoms with Gasteiger partial charge >= 0.3 is 0 Å². The van der Waals surface area contributed by atoms with E-state index in [1.54, 1.807) is 4.90 Å². The molecule has 2 aromatic carbocycles. The second kappa shape index (κ2) is 13.2. The van der Waals surface area contributed by atoms with Crippen molar-refractivity contribution in [1.29, 1.82) is 0 Å². The number of amides is 2. The van der Waals surface area contributed by atoms with Gasteiger partial charge in [-0.2, -0.15) is 0 Å². The van der Waals surface area contributed by atoms with E-state index >= 15 is 0 Å². The van der Waals surface area contributed by atoms with E-state index in [-0.39, 0.29) is 31.3 Å². The summed E-state index contributed by atoms with van der Waals surface area (Å²) in [6.07, 6.45) is 7.35. The number of hydrogen-bond donors (Lipinski definition) is 0. The van der Waals surface area contributed by atoms with E-state index in [0.29, 0.717) is 40.9 Å². The summed E-state index contributed by atoms with van der Waals surface area (Å²) in [5, 5.41) is 0.638. The first-order valence-corrected chi connectivity index (χ1v) is 16.1. The third kappa shape index (κ3) is 6.57. The minimum absolute atomic E-state index is 0.0136. The van der Waals surface area contributed by atoms with Crippen molar-refractivity contribution in [2.75, 3.05) is 36.7 Å². The smallest absolute Gasteiger partial charge is 0.233 e. The Morgan fingerprint density at radius 1 is 1.00 bits per heavy atom. The van der Waals surface area contributed by atoms with Crippen LogP contribution in [0.1, 0.15) is 68.7 Å². The first-order chi connectivity index (χ1) is 21.3. The quantitative estimate of drug-likeness (QED) is 0.194. The third-order valence-corrected chi connectivity index (χ3v) is 9.44. The molecule has 232 valence electrons. The molecule has 2 fully saturated rings. The monoisotopic (exact) mass is 616 g/mol. The molecule has 2 aliphatic heterocycles. The van der Waals surface area contributed by atoms with Crippen LogP contribution in [0.2, 0.25) is 5.02 Å². The van der Waals surface area contributed by atoms with Gasteiger partial charge in [0.05, 0.1) is 30.5 Å². The van der Waals surface area contributed by atoms with Crippen molar-refractivity contribution in [2.45, 2.75) is 70.6 Å². The molecule has 1 saturated carbocycles. The molecule has 1 atom stereocenters. The first-order valence-electron chi connectivity index (χ1n) is 15.7. The SMILES string of the molecule is CC(C)OCOc1ccc2c(c1)[C@H](c1ccc(Cl)cc1)N(c1ccc(N(C)C[C@H]3CC[C@H](N4CCC4=O)CC3)cn1)C(=O)C2. The van der Waals surface area contributed by atoms with Crippen LogP contribution in [-0.4, -0.2) is 60.8 Å². The number of rotatable bonds is 10. The summed E-state index contributed by atoms with van der Waals surface area (Å²) < 4.78 is 11.5. The highest BCUT2D eigenvalue weighted by Crippen LogP contribution is 2.40. The van der Waals surface area contributed by atoms with Crippen LogP contribution >= 0.6 is 11.6 Å². The van der Waals surface area contributed by atoms with Crippen LogP contribution < -0.4 is 14.5 Å². The van der Waals surface area contributed by atoms with Gasteiger partial charge < -0.3 is 19.3 Å². The molecule has 0 unspecified atom stereocenters. The zero-order valence-corrected chi connectivity index (χ0v) is 26.5. The molecule has 44 heavy (non-hydrogen) atoms. The third-order valence-electron chi connectivity index (χ3n) is 9.19. The van der Waals surface area contributed by atoms with Gasteiger partial charge in [0.15, 0.2) is 6.79 Å². The average molecular weight is 617 g/mol. The lowest BCUT2D eigenvalue weighted by Gasteiger charge is -2.42. The van der Waals surface area contributed by atoms with Crippen molar-refractivity contribution in [1.82, 2.24) is 9.88 Å². The van der Waals surface area contributed by atoms with Crippen molar-refractivity contribution in [2.24, 2.45) is 5.92 Å². The number of carbonyl (C=O) groups is 2. The van der Waals surface area contributed by atoms with E-state index in [2.05, 4.69) is 22.9 Å². The standard InChI is InChI=1S/C35H41ClN4O4/c1-23(2)43-22-44-30-14-8-26-18-34(42)40(35(31(26)19-30)25-6-9-27(36)10-7-25)32-15-13-29(20-37-32)38(3)21-24-4-11-28(12-5-24)39-17-16-33(39)41/h6-10,13-15,19-20,23-24,28,35H,4-5,11-12,16-18,21-22H2,1-3H3/t24-,28-,35-/m0/s1. The topological polar surface area (TPSA) is 75.2 Å². The molecule has 0 spiro atoms. The lowest BCUT2D eigenvalue weighted by atomic mass is 9.84. The normalized spacial score (nSPS) is 21.7. The van der Waals surface area contributed by atoms with Crippen LogP contribution in [0.15, 0.2) is 60.8 Å². The van der Waals surface area contributed by atoms with Gasteiger partial charge in [0.25, 0.3) is 0 Å². The highest BCUT2D eigenvalue weighted by atomic mass is 35.5.